The van der Waals surface area contributed by atoms with Gasteiger partial charge in [-0.25, -0.2) is 4.98 Å². The van der Waals surface area contributed by atoms with Crippen molar-refractivity contribution in [3.05, 3.63) is 56.1 Å². The van der Waals surface area contributed by atoms with E-state index >= 15 is 0 Å². The number of benzene rings is 1. The molecule has 0 saturated heterocycles. The molecule has 2 rings (SSSR count). The molecule has 0 bridgehead atoms. The van der Waals surface area contributed by atoms with E-state index in [1.54, 1.807) is 24.3 Å². The molecule has 0 amide bonds. The molecule has 0 radical (unpaired) electrons. The third-order valence-electron chi connectivity index (χ3n) is 2.01. The van der Waals surface area contributed by atoms with E-state index in [1.165, 1.54) is 12.3 Å². The fourth-order valence-electron chi connectivity index (χ4n) is 1.27. The molecule has 0 aliphatic heterocycles. The third-order valence-corrected chi connectivity index (χ3v) is 2.67. The summed E-state index contributed by atoms with van der Waals surface area (Å²) in [5, 5.41) is 11.3. The molecule has 1 aromatic carbocycles. The van der Waals surface area contributed by atoms with Crippen LogP contribution in [0.2, 0.25) is 5.02 Å². The minimum Gasteiger partial charge on any atom is -0.434 e. The maximum absolute atomic E-state index is 10.9. The van der Waals surface area contributed by atoms with Crippen molar-refractivity contribution in [1.82, 2.24) is 4.98 Å². The zero-order chi connectivity index (χ0) is 13.1. The number of hydrogen-bond acceptors (Lipinski definition) is 4. The van der Waals surface area contributed by atoms with E-state index in [1.807, 2.05) is 0 Å². The first-order chi connectivity index (χ1) is 8.56. The van der Waals surface area contributed by atoms with E-state index in [0.717, 1.165) is 0 Å². The van der Waals surface area contributed by atoms with Crippen molar-refractivity contribution in [2.45, 2.75) is 0 Å². The molecular weight excluding hydrogens is 323 g/mol. The molecule has 7 heteroatoms. The van der Waals surface area contributed by atoms with Gasteiger partial charge in [0.25, 0.3) is 5.88 Å². The second-order valence-corrected chi connectivity index (χ2v) is 4.65. The van der Waals surface area contributed by atoms with Crippen LogP contribution in [0.5, 0.6) is 11.6 Å². The van der Waals surface area contributed by atoms with Gasteiger partial charge in [-0.3, -0.25) is 10.1 Å². The first-order valence-electron chi connectivity index (χ1n) is 4.79. The number of nitro groups is 1. The Morgan fingerprint density at radius 1 is 1.39 bits per heavy atom. The number of pyridine rings is 1. The van der Waals surface area contributed by atoms with E-state index in [9.17, 15) is 10.1 Å². The van der Waals surface area contributed by atoms with Crippen LogP contribution in [0.3, 0.4) is 0 Å². The second kappa shape index (κ2) is 5.32. The lowest BCUT2D eigenvalue weighted by Crippen LogP contribution is -1.95. The van der Waals surface area contributed by atoms with Crippen molar-refractivity contribution in [1.29, 1.82) is 0 Å². The van der Waals surface area contributed by atoms with Crippen molar-refractivity contribution in [3.63, 3.8) is 0 Å². The van der Waals surface area contributed by atoms with Crippen LogP contribution in [0.15, 0.2) is 41.0 Å². The molecule has 0 fully saturated rings. The van der Waals surface area contributed by atoms with Gasteiger partial charge in [0.15, 0.2) is 0 Å². The lowest BCUT2D eigenvalue weighted by atomic mass is 10.3. The highest BCUT2D eigenvalue weighted by molar-refractivity contribution is 9.10. The molecule has 0 spiro atoms. The molecular formula is C11H6BrClN2O3. The number of halogens is 2. The number of aromatic nitrogens is 1. The number of nitrogens with zero attached hydrogens (tertiary/aromatic N) is 2. The quantitative estimate of drug-likeness (QED) is 0.625. The molecule has 0 unspecified atom stereocenters. The van der Waals surface area contributed by atoms with Gasteiger partial charge in [-0.2, -0.15) is 0 Å². The summed E-state index contributed by atoms with van der Waals surface area (Å²) in [6.45, 7) is 0. The fourth-order valence-corrected chi connectivity index (χ4v) is 1.77. The Hall–Kier alpha value is -1.66. The number of ether oxygens (including phenoxy) is 1. The molecule has 2 aromatic rings. The summed E-state index contributed by atoms with van der Waals surface area (Å²) in [5.74, 6) is 0.311. The zero-order valence-electron chi connectivity index (χ0n) is 8.84. The van der Waals surface area contributed by atoms with Gasteiger partial charge >= 0.3 is 5.69 Å². The highest BCUT2D eigenvalue weighted by Gasteiger charge is 2.18. The van der Waals surface area contributed by atoms with Crippen molar-refractivity contribution in [2.24, 2.45) is 0 Å². The first-order valence-corrected chi connectivity index (χ1v) is 5.97. The van der Waals surface area contributed by atoms with Crippen LogP contribution in [0.1, 0.15) is 0 Å². The molecule has 5 nitrogen and oxygen atoms in total. The van der Waals surface area contributed by atoms with Gasteiger partial charge in [0.1, 0.15) is 5.75 Å². The Morgan fingerprint density at radius 3 is 2.83 bits per heavy atom. The van der Waals surface area contributed by atoms with E-state index in [0.29, 0.717) is 15.2 Å². The monoisotopic (exact) mass is 328 g/mol. The lowest BCUT2D eigenvalue weighted by molar-refractivity contribution is -0.386. The van der Waals surface area contributed by atoms with Gasteiger partial charge in [-0.05, 0) is 34.1 Å². The summed E-state index contributed by atoms with van der Waals surface area (Å²) in [7, 11) is 0. The summed E-state index contributed by atoms with van der Waals surface area (Å²) in [4.78, 5) is 14.2. The van der Waals surface area contributed by atoms with Crippen molar-refractivity contribution in [2.75, 3.05) is 0 Å². The summed E-state index contributed by atoms with van der Waals surface area (Å²) >= 11 is 8.91. The average molecular weight is 330 g/mol. The molecule has 92 valence electrons. The van der Waals surface area contributed by atoms with E-state index in [2.05, 4.69) is 20.9 Å². The standard InChI is InChI=1S/C11H6BrClN2O3/c12-7-4-10(15(16)17)11(14-6-7)18-9-3-1-2-8(13)5-9/h1-6H. The normalized spacial score (nSPS) is 10.1. The van der Waals surface area contributed by atoms with Gasteiger partial charge in [-0.15, -0.1) is 0 Å². The van der Waals surface area contributed by atoms with Crippen LogP contribution >= 0.6 is 27.5 Å². The van der Waals surface area contributed by atoms with E-state index < -0.39 is 4.92 Å². The Balaban J connectivity index is 2.37. The Morgan fingerprint density at radius 2 is 2.17 bits per heavy atom. The number of hydrogen-bond donors (Lipinski definition) is 0. The Labute approximate surface area is 116 Å². The van der Waals surface area contributed by atoms with Gasteiger partial charge in [0.2, 0.25) is 0 Å². The molecule has 0 N–H and O–H groups in total. The summed E-state index contributed by atoms with van der Waals surface area (Å²) in [5.41, 5.74) is -0.218. The minimum atomic E-state index is -0.558. The van der Waals surface area contributed by atoms with Gasteiger partial charge in [0, 0.05) is 21.8 Å². The Bertz CT molecular complexity index is 607. The van der Waals surface area contributed by atoms with E-state index in [4.69, 9.17) is 16.3 Å². The van der Waals surface area contributed by atoms with Crippen LogP contribution in [0.4, 0.5) is 5.69 Å². The SMILES string of the molecule is O=[N+]([O-])c1cc(Br)cnc1Oc1cccc(Cl)c1. The summed E-state index contributed by atoms with van der Waals surface area (Å²) in [6, 6.07) is 7.88. The molecule has 1 heterocycles. The molecule has 0 atom stereocenters. The van der Waals surface area contributed by atoms with Crippen LogP contribution in [-0.4, -0.2) is 9.91 Å². The van der Waals surface area contributed by atoms with Crippen LogP contribution < -0.4 is 4.74 Å². The van der Waals surface area contributed by atoms with Gasteiger partial charge < -0.3 is 4.74 Å². The molecule has 0 aliphatic rings. The summed E-state index contributed by atoms with van der Waals surface area (Å²) in [6.07, 6.45) is 1.42. The largest absolute Gasteiger partial charge is 0.434 e. The number of rotatable bonds is 3. The topological polar surface area (TPSA) is 65.3 Å². The maximum Gasteiger partial charge on any atom is 0.332 e. The smallest absolute Gasteiger partial charge is 0.332 e. The molecule has 0 aliphatic carbocycles. The highest BCUT2D eigenvalue weighted by Crippen LogP contribution is 2.31. The summed E-state index contributed by atoms with van der Waals surface area (Å²) < 4.78 is 5.86. The van der Waals surface area contributed by atoms with Gasteiger partial charge in [-0.1, -0.05) is 17.7 Å². The predicted octanol–water partition coefficient (Wildman–Crippen LogP) is 4.20. The van der Waals surface area contributed by atoms with Gasteiger partial charge in [0.05, 0.1) is 4.92 Å². The Kier molecular flexibility index (Phi) is 3.78. The van der Waals surface area contributed by atoms with Crippen molar-refractivity contribution in [3.8, 4) is 11.6 Å². The minimum absolute atomic E-state index is 0.0783. The predicted molar refractivity (Wildman–Crippen MR) is 70.1 cm³/mol. The van der Waals surface area contributed by atoms with Crippen LogP contribution in [0.25, 0.3) is 0 Å². The molecule has 18 heavy (non-hydrogen) atoms. The zero-order valence-corrected chi connectivity index (χ0v) is 11.2. The first kappa shape index (κ1) is 12.8. The van der Waals surface area contributed by atoms with Crippen LogP contribution in [-0.2, 0) is 0 Å². The van der Waals surface area contributed by atoms with Crippen molar-refractivity contribution >= 4 is 33.2 Å². The van der Waals surface area contributed by atoms with Crippen molar-refractivity contribution < 1.29 is 9.66 Å². The lowest BCUT2D eigenvalue weighted by Gasteiger charge is -2.05. The molecule has 1 aromatic heterocycles. The van der Waals surface area contributed by atoms with Crippen LogP contribution in [0, 0.1) is 10.1 Å². The third kappa shape index (κ3) is 2.96. The average Bonchev–Trinajstić information content (AvgIpc) is 2.31. The fraction of sp³-hybridized carbons (Fsp3) is 0. The maximum atomic E-state index is 10.9. The molecule has 0 saturated carbocycles. The second-order valence-electron chi connectivity index (χ2n) is 3.29. The highest BCUT2D eigenvalue weighted by atomic mass is 79.9. The van der Waals surface area contributed by atoms with E-state index in [-0.39, 0.29) is 11.6 Å².